The Morgan fingerprint density at radius 3 is 2.05 bits per heavy atom. The summed E-state index contributed by atoms with van der Waals surface area (Å²) in [5, 5.41) is 2.77. The molecule has 2 aromatic rings. The number of hydrogen-bond donors (Lipinski definition) is 1. The summed E-state index contributed by atoms with van der Waals surface area (Å²) in [6.07, 6.45) is 8.28. The van der Waals surface area contributed by atoms with Crippen LogP contribution in [-0.2, 0) is 4.79 Å². The number of halogens is 2. The summed E-state index contributed by atoms with van der Waals surface area (Å²) >= 11 is 0. The van der Waals surface area contributed by atoms with Crippen molar-refractivity contribution >= 4 is 23.7 Å². The van der Waals surface area contributed by atoms with Crippen molar-refractivity contribution in [2.75, 3.05) is 39.2 Å². The van der Waals surface area contributed by atoms with Crippen molar-refractivity contribution in [2.45, 2.75) is 59.5 Å². The number of benzene rings is 2. The highest BCUT2D eigenvalue weighted by Gasteiger charge is 2.14. The summed E-state index contributed by atoms with van der Waals surface area (Å²) in [4.78, 5) is 15.0. The standard InChI is InChI=1S/C29H40F2N2O4/c1-6-8-15-33(16-9-7-2)17-14-28(34)32-24-18-22(12-13-25(24)37-29(30)31)10-11-23-19-26(35-4)21(3)27(20-23)36-5/h10-13,18-20,29H,6-9,14-17H2,1-5H3,(H,32,34)/b11-10-. The second kappa shape index (κ2) is 15.9. The normalized spacial score (nSPS) is 11.4. The molecule has 0 bridgehead atoms. The van der Waals surface area contributed by atoms with Gasteiger partial charge in [-0.25, -0.2) is 0 Å². The van der Waals surface area contributed by atoms with E-state index < -0.39 is 6.61 Å². The zero-order chi connectivity index (χ0) is 27.2. The first-order valence-electron chi connectivity index (χ1n) is 12.8. The molecule has 0 aliphatic rings. The van der Waals surface area contributed by atoms with Crippen LogP contribution >= 0.6 is 0 Å². The van der Waals surface area contributed by atoms with E-state index in [-0.39, 0.29) is 23.8 Å². The molecule has 2 rings (SSSR count). The molecule has 0 atom stereocenters. The van der Waals surface area contributed by atoms with Gasteiger partial charge in [-0.1, -0.05) is 44.9 Å². The molecular formula is C29H40F2N2O4. The van der Waals surface area contributed by atoms with E-state index in [1.165, 1.54) is 6.07 Å². The predicted octanol–water partition coefficient (Wildman–Crippen LogP) is 7.01. The number of rotatable bonds is 16. The molecule has 1 amide bonds. The van der Waals surface area contributed by atoms with Crippen LogP contribution in [0.4, 0.5) is 14.5 Å². The molecule has 0 radical (unpaired) electrons. The van der Waals surface area contributed by atoms with E-state index in [0.717, 1.165) is 49.9 Å². The fourth-order valence-electron chi connectivity index (χ4n) is 3.91. The summed E-state index contributed by atoms with van der Waals surface area (Å²) in [6.45, 7) is 5.70. The number of ether oxygens (including phenoxy) is 3. The van der Waals surface area contributed by atoms with Gasteiger partial charge in [-0.3, -0.25) is 4.79 Å². The minimum Gasteiger partial charge on any atom is -0.496 e. The van der Waals surface area contributed by atoms with Crippen molar-refractivity contribution < 1.29 is 27.8 Å². The van der Waals surface area contributed by atoms with E-state index in [0.29, 0.717) is 23.6 Å². The molecule has 8 heteroatoms. The molecule has 0 fully saturated rings. The fraction of sp³-hybridized carbons (Fsp3) is 0.483. The summed E-state index contributed by atoms with van der Waals surface area (Å²) in [5.74, 6) is 1.07. The fourth-order valence-corrected chi connectivity index (χ4v) is 3.91. The van der Waals surface area contributed by atoms with Gasteiger partial charge >= 0.3 is 6.61 Å². The summed E-state index contributed by atoms with van der Waals surface area (Å²) in [7, 11) is 3.19. The molecule has 2 aromatic carbocycles. The molecule has 6 nitrogen and oxygen atoms in total. The van der Waals surface area contributed by atoms with Crippen LogP contribution in [0, 0.1) is 6.92 Å². The first-order valence-corrected chi connectivity index (χ1v) is 12.8. The molecule has 0 saturated carbocycles. The third kappa shape index (κ3) is 10.0. The average Bonchev–Trinajstić information content (AvgIpc) is 2.88. The van der Waals surface area contributed by atoms with Crippen molar-refractivity contribution in [1.29, 1.82) is 0 Å². The van der Waals surface area contributed by atoms with Crippen molar-refractivity contribution in [3.8, 4) is 17.2 Å². The molecule has 0 aliphatic carbocycles. The number of amides is 1. The van der Waals surface area contributed by atoms with E-state index in [4.69, 9.17) is 9.47 Å². The lowest BCUT2D eigenvalue weighted by atomic mass is 10.1. The van der Waals surface area contributed by atoms with E-state index >= 15 is 0 Å². The van der Waals surface area contributed by atoms with Gasteiger partial charge in [0, 0.05) is 18.5 Å². The van der Waals surface area contributed by atoms with Gasteiger partial charge in [0.05, 0.1) is 19.9 Å². The maximum atomic E-state index is 13.0. The maximum Gasteiger partial charge on any atom is 0.387 e. The molecule has 0 spiro atoms. The number of hydrogen-bond acceptors (Lipinski definition) is 5. The Morgan fingerprint density at radius 1 is 0.919 bits per heavy atom. The third-order valence-electron chi connectivity index (χ3n) is 6.05. The van der Waals surface area contributed by atoms with Gasteiger partial charge in [0.25, 0.3) is 0 Å². The van der Waals surface area contributed by atoms with Gasteiger partial charge in [0.15, 0.2) is 0 Å². The van der Waals surface area contributed by atoms with Crippen LogP contribution < -0.4 is 19.5 Å². The molecule has 204 valence electrons. The molecule has 0 unspecified atom stereocenters. The number of alkyl halides is 2. The highest BCUT2D eigenvalue weighted by molar-refractivity contribution is 5.93. The quantitative estimate of drug-likeness (QED) is 0.242. The average molecular weight is 519 g/mol. The summed E-state index contributed by atoms with van der Waals surface area (Å²) < 4.78 is 41.5. The predicted molar refractivity (Wildman–Crippen MR) is 146 cm³/mol. The lowest BCUT2D eigenvalue weighted by Gasteiger charge is -2.21. The molecular weight excluding hydrogens is 478 g/mol. The van der Waals surface area contributed by atoms with Crippen LogP contribution in [0.2, 0.25) is 0 Å². The highest BCUT2D eigenvalue weighted by Crippen LogP contribution is 2.31. The van der Waals surface area contributed by atoms with Crippen LogP contribution in [0.3, 0.4) is 0 Å². The molecule has 0 heterocycles. The van der Waals surface area contributed by atoms with Crippen LogP contribution in [0.25, 0.3) is 12.2 Å². The Bertz CT molecular complexity index is 994. The Balaban J connectivity index is 2.19. The molecule has 37 heavy (non-hydrogen) atoms. The first-order chi connectivity index (χ1) is 17.8. The second-order valence-corrected chi connectivity index (χ2v) is 8.86. The Kier molecular flexibility index (Phi) is 12.9. The summed E-state index contributed by atoms with van der Waals surface area (Å²) in [6, 6.07) is 8.49. The number of nitrogens with one attached hydrogen (secondary N) is 1. The van der Waals surface area contributed by atoms with Gasteiger partial charge in [0.2, 0.25) is 5.91 Å². The van der Waals surface area contributed by atoms with Gasteiger partial charge in [0.1, 0.15) is 17.2 Å². The number of methoxy groups -OCH3 is 2. The monoisotopic (exact) mass is 518 g/mol. The molecule has 0 aromatic heterocycles. The van der Waals surface area contributed by atoms with Crippen LogP contribution in [-0.4, -0.2) is 51.3 Å². The molecule has 1 N–H and O–H groups in total. The molecule has 0 aliphatic heterocycles. The summed E-state index contributed by atoms with van der Waals surface area (Å²) in [5.41, 5.74) is 2.66. The van der Waals surface area contributed by atoms with Crippen LogP contribution in [0.15, 0.2) is 30.3 Å². The Morgan fingerprint density at radius 2 is 1.51 bits per heavy atom. The van der Waals surface area contributed by atoms with Crippen LogP contribution in [0.5, 0.6) is 17.2 Å². The number of anilines is 1. The zero-order valence-electron chi connectivity index (χ0n) is 22.6. The minimum atomic E-state index is -3.00. The van der Waals surface area contributed by atoms with Gasteiger partial charge < -0.3 is 24.4 Å². The number of unbranched alkanes of at least 4 members (excludes halogenated alkanes) is 2. The second-order valence-electron chi connectivity index (χ2n) is 8.86. The van der Waals surface area contributed by atoms with Crippen molar-refractivity contribution in [1.82, 2.24) is 4.90 Å². The lowest BCUT2D eigenvalue weighted by molar-refractivity contribution is -0.116. The van der Waals surface area contributed by atoms with Gasteiger partial charge in [-0.2, -0.15) is 8.78 Å². The smallest absolute Gasteiger partial charge is 0.387 e. The zero-order valence-corrected chi connectivity index (χ0v) is 22.6. The molecule has 0 saturated heterocycles. The van der Waals surface area contributed by atoms with E-state index in [1.807, 2.05) is 31.2 Å². The SMILES string of the molecule is CCCCN(CCCC)CCC(=O)Nc1cc(/C=C\c2cc(OC)c(C)c(OC)c2)ccc1OC(F)F. The van der Waals surface area contributed by atoms with Crippen LogP contribution in [0.1, 0.15) is 62.6 Å². The van der Waals surface area contributed by atoms with Gasteiger partial charge in [-0.05, 0) is 68.2 Å². The minimum absolute atomic E-state index is 0.0759. The van der Waals surface area contributed by atoms with Crippen molar-refractivity contribution in [2.24, 2.45) is 0 Å². The highest BCUT2D eigenvalue weighted by atomic mass is 19.3. The number of carbonyl (C=O) groups excluding carboxylic acids is 1. The Hall–Kier alpha value is -3.13. The third-order valence-corrected chi connectivity index (χ3v) is 6.05. The Labute approximate surface area is 219 Å². The van der Waals surface area contributed by atoms with E-state index in [2.05, 4.69) is 28.8 Å². The lowest BCUT2D eigenvalue weighted by Crippen LogP contribution is -2.30. The number of nitrogens with zero attached hydrogens (tertiary/aromatic N) is 1. The van der Waals surface area contributed by atoms with Gasteiger partial charge in [-0.15, -0.1) is 0 Å². The van der Waals surface area contributed by atoms with Crippen molar-refractivity contribution in [3.63, 3.8) is 0 Å². The van der Waals surface area contributed by atoms with E-state index in [9.17, 15) is 13.6 Å². The first kappa shape index (κ1) is 30.1. The largest absolute Gasteiger partial charge is 0.496 e. The van der Waals surface area contributed by atoms with Crippen molar-refractivity contribution in [3.05, 3.63) is 47.0 Å². The van der Waals surface area contributed by atoms with E-state index in [1.54, 1.807) is 26.4 Å². The maximum absolute atomic E-state index is 13.0. The number of carbonyl (C=O) groups is 1. The topological polar surface area (TPSA) is 60.0 Å².